The second kappa shape index (κ2) is 7.37. The van der Waals surface area contributed by atoms with E-state index in [-0.39, 0.29) is 12.0 Å². The molecule has 1 saturated heterocycles. The minimum Gasteiger partial charge on any atom is -0.481 e. The molecule has 1 fully saturated rings. The Balaban J connectivity index is 1.95. The van der Waals surface area contributed by atoms with Crippen LogP contribution in [0.4, 0.5) is 0 Å². The van der Waals surface area contributed by atoms with Gasteiger partial charge in [-0.2, -0.15) is 0 Å². The van der Waals surface area contributed by atoms with E-state index in [0.29, 0.717) is 12.8 Å². The van der Waals surface area contributed by atoms with Crippen LogP contribution >= 0.6 is 11.6 Å². The zero-order valence-electron chi connectivity index (χ0n) is 13.8. The van der Waals surface area contributed by atoms with Crippen LogP contribution in [0.5, 0.6) is 0 Å². The largest absolute Gasteiger partial charge is 0.481 e. The van der Waals surface area contributed by atoms with Crippen LogP contribution in [0.15, 0.2) is 48.5 Å². The molecule has 0 bridgehead atoms. The number of likely N-dealkylation sites (tertiary alicyclic amines) is 1. The fraction of sp³-hybridized carbons (Fsp3) is 0.350. The monoisotopic (exact) mass is 343 g/mol. The van der Waals surface area contributed by atoms with Crippen LogP contribution in [0.1, 0.15) is 35.6 Å². The maximum Gasteiger partial charge on any atom is 0.306 e. The molecule has 1 unspecified atom stereocenters. The number of benzene rings is 2. The van der Waals surface area contributed by atoms with E-state index in [1.165, 1.54) is 11.1 Å². The van der Waals surface area contributed by atoms with Crippen molar-refractivity contribution in [1.82, 2.24) is 4.90 Å². The third kappa shape index (κ3) is 3.63. The van der Waals surface area contributed by atoms with Gasteiger partial charge in [-0.15, -0.1) is 0 Å². The van der Waals surface area contributed by atoms with Crippen molar-refractivity contribution >= 4 is 17.6 Å². The van der Waals surface area contributed by atoms with Gasteiger partial charge in [0.15, 0.2) is 0 Å². The molecule has 0 radical (unpaired) electrons. The van der Waals surface area contributed by atoms with Gasteiger partial charge in [0, 0.05) is 5.02 Å². The van der Waals surface area contributed by atoms with E-state index in [1.54, 1.807) is 0 Å². The molecular weight excluding hydrogens is 322 g/mol. The van der Waals surface area contributed by atoms with Crippen molar-refractivity contribution in [2.24, 2.45) is 5.92 Å². The Bertz CT molecular complexity index is 723. The SMILES string of the molecule is Cc1cccc(C(c2ccccc2Cl)N2CCC(C(=O)O)CC2)c1. The van der Waals surface area contributed by atoms with Gasteiger partial charge >= 0.3 is 5.97 Å². The highest BCUT2D eigenvalue weighted by atomic mass is 35.5. The van der Waals surface area contributed by atoms with Crippen molar-refractivity contribution < 1.29 is 9.90 Å². The molecule has 1 atom stereocenters. The Morgan fingerprint density at radius 2 is 1.88 bits per heavy atom. The summed E-state index contributed by atoms with van der Waals surface area (Å²) in [5.74, 6) is -0.912. The first-order valence-corrected chi connectivity index (χ1v) is 8.72. The quantitative estimate of drug-likeness (QED) is 0.886. The van der Waals surface area contributed by atoms with Crippen molar-refractivity contribution in [3.8, 4) is 0 Å². The fourth-order valence-electron chi connectivity index (χ4n) is 3.53. The minimum absolute atomic E-state index is 0.0633. The van der Waals surface area contributed by atoms with E-state index in [0.717, 1.165) is 23.7 Å². The van der Waals surface area contributed by atoms with Crippen LogP contribution in [-0.2, 0) is 4.79 Å². The van der Waals surface area contributed by atoms with Crippen LogP contribution in [0, 0.1) is 12.8 Å². The maximum atomic E-state index is 11.2. The van der Waals surface area contributed by atoms with Gasteiger partial charge in [0.1, 0.15) is 0 Å². The molecule has 1 aliphatic heterocycles. The van der Waals surface area contributed by atoms with Crippen molar-refractivity contribution in [2.45, 2.75) is 25.8 Å². The summed E-state index contributed by atoms with van der Waals surface area (Å²) in [6, 6.07) is 16.5. The van der Waals surface area contributed by atoms with Gasteiger partial charge in [0.05, 0.1) is 12.0 Å². The number of carboxylic acids is 1. The average Bonchev–Trinajstić information content (AvgIpc) is 2.57. The minimum atomic E-state index is -0.681. The Kier molecular flexibility index (Phi) is 5.22. The van der Waals surface area contributed by atoms with Gasteiger partial charge in [-0.1, -0.05) is 59.6 Å². The van der Waals surface area contributed by atoms with E-state index in [2.05, 4.69) is 42.2 Å². The molecule has 0 amide bonds. The molecule has 1 N–H and O–H groups in total. The number of carboxylic acid groups (broad SMARTS) is 1. The van der Waals surface area contributed by atoms with Crippen molar-refractivity contribution in [3.05, 3.63) is 70.2 Å². The first-order valence-electron chi connectivity index (χ1n) is 8.34. The molecule has 0 saturated carbocycles. The predicted octanol–water partition coefficient (Wildman–Crippen LogP) is 4.53. The Morgan fingerprint density at radius 3 is 2.50 bits per heavy atom. The van der Waals surface area contributed by atoms with Crippen molar-refractivity contribution in [1.29, 1.82) is 0 Å². The summed E-state index contributed by atoms with van der Waals surface area (Å²) in [5.41, 5.74) is 3.50. The number of rotatable bonds is 4. The van der Waals surface area contributed by atoms with Gasteiger partial charge in [-0.3, -0.25) is 9.69 Å². The predicted molar refractivity (Wildman–Crippen MR) is 96.4 cm³/mol. The normalized spacial score (nSPS) is 17.6. The van der Waals surface area contributed by atoms with E-state index >= 15 is 0 Å². The van der Waals surface area contributed by atoms with Gasteiger partial charge in [-0.05, 0) is 50.0 Å². The molecule has 3 nitrogen and oxygen atoms in total. The fourth-order valence-corrected chi connectivity index (χ4v) is 3.77. The van der Waals surface area contributed by atoms with Gasteiger partial charge in [0.2, 0.25) is 0 Å². The number of nitrogens with zero attached hydrogens (tertiary/aromatic N) is 1. The molecule has 0 spiro atoms. The lowest BCUT2D eigenvalue weighted by molar-refractivity contribution is -0.143. The van der Waals surface area contributed by atoms with E-state index < -0.39 is 5.97 Å². The number of aryl methyl sites for hydroxylation is 1. The van der Waals surface area contributed by atoms with Crippen LogP contribution in [0.3, 0.4) is 0 Å². The van der Waals surface area contributed by atoms with Crippen molar-refractivity contribution in [3.63, 3.8) is 0 Å². The standard InChI is InChI=1S/C20H22ClNO2/c1-14-5-4-6-16(13-14)19(17-7-2-3-8-18(17)21)22-11-9-15(10-12-22)20(23)24/h2-8,13,15,19H,9-12H2,1H3,(H,23,24). The number of piperidine rings is 1. The van der Waals surface area contributed by atoms with Crippen LogP contribution in [-0.4, -0.2) is 29.1 Å². The summed E-state index contributed by atoms with van der Waals surface area (Å²) in [6.45, 7) is 3.62. The van der Waals surface area contributed by atoms with E-state index in [4.69, 9.17) is 11.6 Å². The van der Waals surface area contributed by atoms with E-state index in [9.17, 15) is 9.90 Å². The smallest absolute Gasteiger partial charge is 0.306 e. The first kappa shape index (κ1) is 17.0. The Hall–Kier alpha value is -1.84. The van der Waals surface area contributed by atoms with Gasteiger partial charge in [0.25, 0.3) is 0 Å². The van der Waals surface area contributed by atoms with Crippen LogP contribution in [0.25, 0.3) is 0 Å². The molecule has 3 rings (SSSR count). The summed E-state index contributed by atoms with van der Waals surface area (Å²) in [5, 5.41) is 9.99. The summed E-state index contributed by atoms with van der Waals surface area (Å²) in [4.78, 5) is 13.6. The first-order chi connectivity index (χ1) is 11.6. The molecule has 126 valence electrons. The molecule has 1 heterocycles. The Labute approximate surface area is 147 Å². The number of aliphatic carboxylic acids is 1. The van der Waals surface area contributed by atoms with Crippen molar-refractivity contribution in [2.75, 3.05) is 13.1 Å². The van der Waals surface area contributed by atoms with E-state index in [1.807, 2.05) is 18.2 Å². The summed E-state index contributed by atoms with van der Waals surface area (Å²) in [7, 11) is 0. The summed E-state index contributed by atoms with van der Waals surface area (Å²) < 4.78 is 0. The molecule has 0 aliphatic carbocycles. The Morgan fingerprint density at radius 1 is 1.17 bits per heavy atom. The topological polar surface area (TPSA) is 40.5 Å². The number of carbonyl (C=O) groups is 1. The third-order valence-corrected chi connectivity index (χ3v) is 5.15. The highest BCUT2D eigenvalue weighted by Crippen LogP contribution is 2.36. The lowest BCUT2D eigenvalue weighted by Crippen LogP contribution is -2.39. The van der Waals surface area contributed by atoms with Crippen LogP contribution < -0.4 is 0 Å². The molecule has 2 aromatic rings. The molecule has 1 aliphatic rings. The lowest BCUT2D eigenvalue weighted by Gasteiger charge is -2.37. The highest BCUT2D eigenvalue weighted by molar-refractivity contribution is 6.31. The zero-order chi connectivity index (χ0) is 17.1. The molecule has 24 heavy (non-hydrogen) atoms. The van der Waals surface area contributed by atoms with Gasteiger partial charge < -0.3 is 5.11 Å². The second-order valence-corrected chi connectivity index (χ2v) is 6.89. The summed E-state index contributed by atoms with van der Waals surface area (Å²) in [6.07, 6.45) is 1.37. The lowest BCUT2D eigenvalue weighted by atomic mass is 9.91. The number of halogens is 1. The average molecular weight is 344 g/mol. The van der Waals surface area contributed by atoms with Gasteiger partial charge in [-0.25, -0.2) is 0 Å². The molecule has 0 aromatic heterocycles. The summed E-state index contributed by atoms with van der Waals surface area (Å²) >= 11 is 6.49. The molecular formula is C20H22ClNO2. The number of hydrogen-bond donors (Lipinski definition) is 1. The molecule has 2 aromatic carbocycles. The van der Waals surface area contributed by atoms with Crippen LogP contribution in [0.2, 0.25) is 5.02 Å². The number of hydrogen-bond acceptors (Lipinski definition) is 2. The highest BCUT2D eigenvalue weighted by Gasteiger charge is 2.30. The third-order valence-electron chi connectivity index (χ3n) is 4.80. The maximum absolute atomic E-state index is 11.2. The molecule has 4 heteroatoms. The second-order valence-electron chi connectivity index (χ2n) is 6.49. The zero-order valence-corrected chi connectivity index (χ0v) is 14.5.